The van der Waals surface area contributed by atoms with Gasteiger partial charge in [0.15, 0.2) is 5.82 Å². The zero-order valence-corrected chi connectivity index (χ0v) is 35.2. The quantitative estimate of drug-likeness (QED) is 0.157. The monoisotopic (exact) mass is 802 g/mol. The van der Waals surface area contributed by atoms with Crippen LogP contribution in [0.2, 0.25) is 0 Å². The molecule has 0 amide bonds. The van der Waals surface area contributed by atoms with Crippen molar-refractivity contribution in [1.29, 1.82) is 0 Å². The molecule has 0 N–H and O–H groups in total. The Labute approximate surface area is 367 Å². The summed E-state index contributed by atoms with van der Waals surface area (Å²) in [6.07, 6.45) is 0. The summed E-state index contributed by atoms with van der Waals surface area (Å²) in [6.45, 7) is 4.76. The Morgan fingerprint density at radius 1 is 0.302 bits per heavy atom. The zero-order valence-electron chi connectivity index (χ0n) is 35.2. The highest BCUT2D eigenvalue weighted by Crippen LogP contribution is 2.55. The third-order valence-corrected chi connectivity index (χ3v) is 13.3. The van der Waals surface area contributed by atoms with Crippen LogP contribution in [0.3, 0.4) is 0 Å². The largest absolute Gasteiger partial charge is 0.228 e. The van der Waals surface area contributed by atoms with Gasteiger partial charge in [-0.3, -0.25) is 0 Å². The average molecular weight is 803 g/mol. The average Bonchev–Trinajstić information content (AvgIpc) is 3.57. The molecule has 0 spiro atoms. The molecule has 2 heteroatoms. The maximum atomic E-state index is 5.43. The van der Waals surface area contributed by atoms with Crippen LogP contribution in [0.5, 0.6) is 0 Å². The summed E-state index contributed by atoms with van der Waals surface area (Å²) in [6, 6.07) is 79.1. The summed E-state index contributed by atoms with van der Waals surface area (Å²) < 4.78 is 0. The van der Waals surface area contributed by atoms with Crippen molar-refractivity contribution in [3.63, 3.8) is 0 Å². The van der Waals surface area contributed by atoms with Gasteiger partial charge in [0.25, 0.3) is 0 Å². The molecular formula is C61H42N2. The minimum absolute atomic E-state index is 0.140. The molecule has 0 saturated heterocycles. The van der Waals surface area contributed by atoms with E-state index in [9.17, 15) is 0 Å². The van der Waals surface area contributed by atoms with Crippen molar-refractivity contribution in [2.45, 2.75) is 19.3 Å². The van der Waals surface area contributed by atoms with E-state index in [0.717, 1.165) is 44.4 Å². The number of nitrogens with zero attached hydrogens (tertiary/aromatic N) is 2. The molecule has 0 fully saturated rings. The topological polar surface area (TPSA) is 25.8 Å². The van der Waals surface area contributed by atoms with Gasteiger partial charge in [0.1, 0.15) is 0 Å². The van der Waals surface area contributed by atoms with Crippen molar-refractivity contribution >= 4 is 32.3 Å². The standard InChI is InChI=1S/C61H42N2/c1-61(2)53-34-18-33-47(58(53)52-36-42-23-9-10-24-43(42)37-54(52)61)45-27-11-12-28-46(45)57-48-29-13-15-31-50(48)59(51-32-16-14-30-49(51)57)56-38-55(62-60(63-56)40-21-7-4-8-22-40)44-26-17-25-41(35-44)39-19-5-3-6-20-39/h3-38H,1-2H3. The van der Waals surface area contributed by atoms with Gasteiger partial charge in [0.05, 0.1) is 11.4 Å². The third-order valence-electron chi connectivity index (χ3n) is 13.3. The summed E-state index contributed by atoms with van der Waals surface area (Å²) in [4.78, 5) is 10.7. The predicted octanol–water partition coefficient (Wildman–Crippen LogP) is 16.2. The van der Waals surface area contributed by atoms with Gasteiger partial charge < -0.3 is 0 Å². The molecule has 0 atom stereocenters. The van der Waals surface area contributed by atoms with E-state index >= 15 is 0 Å². The highest BCUT2D eigenvalue weighted by molar-refractivity contribution is 6.22. The first-order valence-electron chi connectivity index (χ1n) is 21.8. The minimum Gasteiger partial charge on any atom is -0.228 e. The Hall–Kier alpha value is -7.94. The van der Waals surface area contributed by atoms with Crippen LogP contribution in [0.1, 0.15) is 25.0 Å². The number of fused-ring (bicyclic) bond motifs is 6. The van der Waals surface area contributed by atoms with Crippen molar-refractivity contribution in [3.8, 4) is 78.4 Å². The minimum atomic E-state index is -0.140. The summed E-state index contributed by atoms with van der Waals surface area (Å²) in [7, 11) is 0. The van der Waals surface area contributed by atoms with E-state index in [1.165, 1.54) is 71.6 Å². The molecule has 1 heterocycles. The number of rotatable bonds is 6. The van der Waals surface area contributed by atoms with Crippen LogP contribution >= 0.6 is 0 Å². The molecular weight excluding hydrogens is 761 g/mol. The molecule has 0 radical (unpaired) electrons. The van der Waals surface area contributed by atoms with Crippen molar-refractivity contribution in [1.82, 2.24) is 9.97 Å². The zero-order chi connectivity index (χ0) is 42.1. The van der Waals surface area contributed by atoms with E-state index in [2.05, 4.69) is 226 Å². The van der Waals surface area contributed by atoms with Crippen LogP contribution in [-0.4, -0.2) is 9.97 Å². The first-order chi connectivity index (χ1) is 31.0. The Balaban J connectivity index is 1.10. The molecule has 1 aliphatic carbocycles. The first-order valence-corrected chi connectivity index (χ1v) is 21.8. The maximum absolute atomic E-state index is 5.43. The lowest BCUT2D eigenvalue weighted by Crippen LogP contribution is -2.14. The van der Waals surface area contributed by atoms with Crippen LogP contribution in [0, 0.1) is 0 Å². The van der Waals surface area contributed by atoms with Crippen LogP contribution in [0.15, 0.2) is 218 Å². The highest BCUT2D eigenvalue weighted by atomic mass is 14.9. The van der Waals surface area contributed by atoms with Gasteiger partial charge in [-0.2, -0.15) is 0 Å². The molecule has 0 aliphatic heterocycles. The van der Waals surface area contributed by atoms with Crippen molar-refractivity contribution in [2.24, 2.45) is 0 Å². The molecule has 0 saturated carbocycles. The van der Waals surface area contributed by atoms with Gasteiger partial charge in [-0.25, -0.2) is 9.97 Å². The summed E-state index contributed by atoms with van der Waals surface area (Å²) in [5.41, 5.74) is 17.4. The van der Waals surface area contributed by atoms with Crippen molar-refractivity contribution in [2.75, 3.05) is 0 Å². The molecule has 12 rings (SSSR count). The first kappa shape index (κ1) is 36.9. The van der Waals surface area contributed by atoms with Crippen LogP contribution in [0.4, 0.5) is 0 Å². The fraction of sp³-hybridized carbons (Fsp3) is 0.0492. The Morgan fingerprint density at radius 3 is 1.51 bits per heavy atom. The third kappa shape index (κ3) is 6.02. The Bertz CT molecular complexity index is 3530. The fourth-order valence-electron chi connectivity index (χ4n) is 10.3. The van der Waals surface area contributed by atoms with Crippen LogP contribution in [0.25, 0.3) is 111 Å². The number of hydrogen-bond donors (Lipinski definition) is 0. The van der Waals surface area contributed by atoms with Gasteiger partial charge in [0.2, 0.25) is 0 Å². The number of benzene rings is 10. The molecule has 2 nitrogen and oxygen atoms in total. The van der Waals surface area contributed by atoms with E-state index < -0.39 is 0 Å². The van der Waals surface area contributed by atoms with E-state index in [-0.39, 0.29) is 5.41 Å². The molecule has 1 aromatic heterocycles. The fourth-order valence-corrected chi connectivity index (χ4v) is 10.3. The van der Waals surface area contributed by atoms with Gasteiger partial charge in [0, 0.05) is 22.1 Å². The van der Waals surface area contributed by atoms with Gasteiger partial charge >= 0.3 is 0 Å². The highest BCUT2D eigenvalue weighted by Gasteiger charge is 2.37. The Kier molecular flexibility index (Phi) is 8.55. The van der Waals surface area contributed by atoms with Crippen molar-refractivity contribution in [3.05, 3.63) is 230 Å². The second kappa shape index (κ2) is 14.6. The summed E-state index contributed by atoms with van der Waals surface area (Å²) >= 11 is 0. The second-order valence-corrected chi connectivity index (χ2v) is 17.3. The lowest BCUT2D eigenvalue weighted by molar-refractivity contribution is 0.661. The van der Waals surface area contributed by atoms with E-state index in [1.807, 2.05) is 6.07 Å². The van der Waals surface area contributed by atoms with Crippen LogP contribution in [-0.2, 0) is 5.41 Å². The van der Waals surface area contributed by atoms with Gasteiger partial charge in [-0.1, -0.05) is 208 Å². The van der Waals surface area contributed by atoms with Gasteiger partial charge in [-0.15, -0.1) is 0 Å². The molecule has 0 unspecified atom stereocenters. The summed E-state index contributed by atoms with van der Waals surface area (Å²) in [5.74, 6) is 0.699. The molecule has 1 aliphatic rings. The molecule has 296 valence electrons. The molecule has 11 aromatic rings. The Morgan fingerprint density at radius 2 is 0.810 bits per heavy atom. The maximum Gasteiger partial charge on any atom is 0.160 e. The molecule has 63 heavy (non-hydrogen) atoms. The van der Waals surface area contributed by atoms with Crippen molar-refractivity contribution < 1.29 is 0 Å². The smallest absolute Gasteiger partial charge is 0.160 e. The van der Waals surface area contributed by atoms with Gasteiger partial charge in [-0.05, 0) is 112 Å². The normalized spacial score (nSPS) is 12.7. The second-order valence-electron chi connectivity index (χ2n) is 17.3. The molecule has 10 aromatic carbocycles. The van der Waals surface area contributed by atoms with E-state index in [1.54, 1.807) is 0 Å². The van der Waals surface area contributed by atoms with E-state index in [4.69, 9.17) is 9.97 Å². The van der Waals surface area contributed by atoms with Crippen LogP contribution < -0.4 is 0 Å². The number of aromatic nitrogens is 2. The SMILES string of the molecule is CC1(C)c2cc3ccccc3cc2-c2c(-c3ccccc3-c3c4ccccc4c(-c4cc(-c5cccc(-c6ccccc6)c5)nc(-c5ccccc5)n4)c4ccccc34)cccc21. The molecule has 0 bridgehead atoms. The predicted molar refractivity (Wildman–Crippen MR) is 265 cm³/mol. The lowest BCUT2D eigenvalue weighted by atomic mass is 9.80. The summed E-state index contributed by atoms with van der Waals surface area (Å²) in [5, 5.41) is 7.22. The lowest BCUT2D eigenvalue weighted by Gasteiger charge is -2.23. The number of hydrogen-bond acceptors (Lipinski definition) is 2. The van der Waals surface area contributed by atoms with E-state index in [0.29, 0.717) is 5.82 Å².